The number of carbonyl (C=O) groups is 4. The van der Waals surface area contributed by atoms with Crippen LogP contribution in [0.3, 0.4) is 0 Å². The lowest BCUT2D eigenvalue weighted by Gasteiger charge is -2.35. The number of aryl methyl sites for hydroxylation is 2. The number of piperazine rings is 1. The van der Waals surface area contributed by atoms with Crippen molar-refractivity contribution in [2.75, 3.05) is 49.9 Å². The number of amides is 4. The van der Waals surface area contributed by atoms with E-state index in [4.69, 9.17) is 0 Å². The molecule has 0 aliphatic carbocycles. The first-order valence-corrected chi connectivity index (χ1v) is 27.1. The Kier molecular flexibility index (Phi) is 18.5. The fourth-order valence-corrected chi connectivity index (χ4v) is 10.5. The van der Waals surface area contributed by atoms with Gasteiger partial charge in [-0.2, -0.15) is 0 Å². The van der Waals surface area contributed by atoms with E-state index in [1.807, 2.05) is 130 Å². The Balaban J connectivity index is 0.699. The van der Waals surface area contributed by atoms with E-state index in [2.05, 4.69) is 46.1 Å². The van der Waals surface area contributed by atoms with E-state index < -0.39 is 23.6 Å². The molecular weight excluding hydrogens is 963 g/mol. The molecule has 2 saturated heterocycles. The fourth-order valence-electron chi connectivity index (χ4n) is 9.66. The second-order valence-electron chi connectivity index (χ2n) is 20.8. The molecule has 3 aromatic heterocycles. The molecule has 75 heavy (non-hydrogen) atoms. The molecule has 6 aromatic rings. The van der Waals surface area contributed by atoms with Crippen molar-refractivity contribution in [3.63, 3.8) is 0 Å². The number of carbonyl (C=O) groups excluding carboxylic acids is 4. The lowest BCUT2D eigenvalue weighted by atomic mass is 9.85. The highest BCUT2D eigenvalue weighted by Gasteiger charge is 2.43. The van der Waals surface area contributed by atoms with Gasteiger partial charge in [0.15, 0.2) is 0 Å². The van der Waals surface area contributed by atoms with Gasteiger partial charge in [0.05, 0.1) is 33.9 Å². The highest BCUT2D eigenvalue weighted by Crippen LogP contribution is 2.30. The number of hydrogen-bond acceptors (Lipinski definition) is 13. The summed E-state index contributed by atoms with van der Waals surface area (Å²) in [5.41, 5.74) is 10.2. The maximum atomic E-state index is 14.1. The molecule has 4 amide bonds. The van der Waals surface area contributed by atoms with Gasteiger partial charge in [0.2, 0.25) is 23.7 Å². The van der Waals surface area contributed by atoms with Gasteiger partial charge in [-0.25, -0.2) is 15.0 Å². The number of rotatable bonds is 21. The Morgan fingerprint density at radius 2 is 1.57 bits per heavy atom. The minimum absolute atomic E-state index is 0.125. The first kappa shape index (κ1) is 54.3. The van der Waals surface area contributed by atoms with Crippen molar-refractivity contribution >= 4 is 52.3 Å². The second kappa shape index (κ2) is 25.5. The summed E-state index contributed by atoms with van der Waals surface area (Å²) >= 11 is 1.60. The molecule has 2 aliphatic rings. The summed E-state index contributed by atoms with van der Waals surface area (Å²) in [7, 11) is 0. The number of unbranched alkanes of at least 4 members (excludes halogenated alkanes) is 4. The third-order valence-corrected chi connectivity index (χ3v) is 15.0. The topological polar surface area (TPSA) is 198 Å². The summed E-state index contributed by atoms with van der Waals surface area (Å²) in [5.74, 6) is 0.00875. The van der Waals surface area contributed by atoms with E-state index in [1.54, 1.807) is 34.8 Å². The molecule has 5 heterocycles. The average molecular weight is 1030 g/mol. The largest absolute Gasteiger partial charge is 0.391 e. The molecule has 0 saturated carbocycles. The Bertz CT molecular complexity index is 2870. The Labute approximate surface area is 444 Å². The number of aromatic nitrogens is 4. The van der Waals surface area contributed by atoms with E-state index in [0.29, 0.717) is 49.8 Å². The number of anilines is 3. The van der Waals surface area contributed by atoms with Gasteiger partial charge < -0.3 is 36.2 Å². The monoisotopic (exact) mass is 1030 g/mol. The van der Waals surface area contributed by atoms with Gasteiger partial charge in [-0.1, -0.05) is 82.5 Å². The predicted octanol–water partition coefficient (Wildman–Crippen LogP) is 8.54. The molecule has 16 nitrogen and oxygen atoms in total. The third-order valence-electron chi connectivity index (χ3n) is 14.0. The van der Waals surface area contributed by atoms with Crippen LogP contribution < -0.4 is 21.3 Å². The van der Waals surface area contributed by atoms with Crippen LogP contribution in [0.25, 0.3) is 21.7 Å². The maximum Gasteiger partial charge on any atom is 0.255 e. The number of aliphatic hydroxyl groups is 1. The zero-order valence-electron chi connectivity index (χ0n) is 43.8. The first-order chi connectivity index (χ1) is 36.2. The number of hydrogen-bond donors (Lipinski definition) is 5. The van der Waals surface area contributed by atoms with Crippen LogP contribution in [0, 0.1) is 19.3 Å². The van der Waals surface area contributed by atoms with Crippen LogP contribution in [0.4, 0.5) is 17.3 Å². The van der Waals surface area contributed by atoms with Crippen molar-refractivity contribution in [3.05, 3.63) is 137 Å². The second-order valence-corrected chi connectivity index (χ2v) is 21.7. The molecule has 8 rings (SSSR count). The minimum Gasteiger partial charge on any atom is -0.391 e. The summed E-state index contributed by atoms with van der Waals surface area (Å²) in [6, 6.07) is 25.8. The SMILES string of the molecule is Cc1ccc(NC(=O)c2ccc(CN3CCN(C(=O)CCCCCCCNC(C(=O)N4C[C@H](O)C[C@H]4C(=O)NCc4ccc(-c5scnc5C)cc4)C(C)(C)C)CC3)cc2)cc1Nc1nccc(-c2cccnc2)n1. The van der Waals surface area contributed by atoms with Crippen molar-refractivity contribution < 1.29 is 24.3 Å². The third kappa shape index (κ3) is 14.9. The summed E-state index contributed by atoms with van der Waals surface area (Å²) in [4.78, 5) is 78.6. The predicted molar refractivity (Wildman–Crippen MR) is 295 cm³/mol. The molecule has 2 fully saturated rings. The van der Waals surface area contributed by atoms with Crippen LogP contribution in [0.2, 0.25) is 0 Å². The normalized spacial score (nSPS) is 16.4. The van der Waals surface area contributed by atoms with Gasteiger partial charge >= 0.3 is 0 Å². The molecule has 0 radical (unpaired) electrons. The number of benzene rings is 3. The zero-order chi connectivity index (χ0) is 52.9. The highest BCUT2D eigenvalue weighted by atomic mass is 32.1. The number of β-amino-alcohol motifs (C(OH)–C–C–N with tert-alkyl or cyclic N) is 1. The molecule has 17 heteroatoms. The van der Waals surface area contributed by atoms with Gasteiger partial charge in [-0.15, -0.1) is 11.3 Å². The molecule has 3 aromatic carbocycles. The van der Waals surface area contributed by atoms with E-state index in [1.165, 1.54) is 0 Å². The van der Waals surface area contributed by atoms with Crippen LogP contribution >= 0.6 is 11.3 Å². The van der Waals surface area contributed by atoms with E-state index in [-0.39, 0.29) is 36.6 Å². The Hall–Kier alpha value is -6.92. The molecule has 5 N–H and O–H groups in total. The number of aliphatic hydroxyl groups excluding tert-OH is 1. The molecule has 3 atom stereocenters. The van der Waals surface area contributed by atoms with E-state index >= 15 is 0 Å². The lowest BCUT2D eigenvalue weighted by molar-refractivity contribution is -0.142. The average Bonchev–Trinajstić information content (AvgIpc) is 4.03. The molecule has 0 bridgehead atoms. The van der Waals surface area contributed by atoms with Crippen molar-refractivity contribution in [2.24, 2.45) is 5.41 Å². The molecule has 394 valence electrons. The van der Waals surface area contributed by atoms with Gasteiger partial charge in [0, 0.05) is 99.7 Å². The number of pyridine rings is 1. The maximum absolute atomic E-state index is 14.1. The van der Waals surface area contributed by atoms with Gasteiger partial charge in [-0.3, -0.25) is 29.1 Å². The first-order valence-electron chi connectivity index (χ1n) is 26.2. The van der Waals surface area contributed by atoms with Crippen LogP contribution in [0.5, 0.6) is 0 Å². The van der Waals surface area contributed by atoms with Crippen molar-refractivity contribution in [1.82, 2.24) is 45.3 Å². The Morgan fingerprint density at radius 3 is 2.29 bits per heavy atom. The quantitative estimate of drug-likeness (QED) is 0.0432. The molecule has 1 unspecified atom stereocenters. The lowest BCUT2D eigenvalue weighted by Crippen LogP contribution is -2.56. The van der Waals surface area contributed by atoms with Crippen molar-refractivity contribution in [3.8, 4) is 21.7 Å². The molecule has 2 aliphatic heterocycles. The van der Waals surface area contributed by atoms with E-state index in [0.717, 1.165) is 102 Å². The fraction of sp³-hybridized carbons (Fsp3) is 0.414. The smallest absolute Gasteiger partial charge is 0.255 e. The molecular formula is C58H71N11O5S. The van der Waals surface area contributed by atoms with Crippen LogP contribution in [0.1, 0.15) is 98.5 Å². The van der Waals surface area contributed by atoms with Crippen molar-refractivity contribution in [2.45, 2.75) is 111 Å². The van der Waals surface area contributed by atoms with Gasteiger partial charge in [-0.05, 0) is 103 Å². The summed E-state index contributed by atoms with van der Waals surface area (Å²) in [5, 5.41) is 23.4. The van der Waals surface area contributed by atoms with Crippen LogP contribution in [-0.4, -0.2) is 121 Å². The summed E-state index contributed by atoms with van der Waals surface area (Å²) in [6.45, 7) is 14.8. The number of likely N-dealkylation sites (tertiary alicyclic amines) is 1. The summed E-state index contributed by atoms with van der Waals surface area (Å²) in [6.07, 6.45) is 9.81. The number of nitrogens with zero attached hydrogens (tertiary/aromatic N) is 7. The van der Waals surface area contributed by atoms with Gasteiger partial charge in [0.1, 0.15) is 6.04 Å². The highest BCUT2D eigenvalue weighted by molar-refractivity contribution is 7.13. The van der Waals surface area contributed by atoms with Crippen LogP contribution in [-0.2, 0) is 27.5 Å². The summed E-state index contributed by atoms with van der Waals surface area (Å²) < 4.78 is 0. The van der Waals surface area contributed by atoms with Crippen LogP contribution in [0.15, 0.2) is 109 Å². The zero-order valence-corrected chi connectivity index (χ0v) is 44.7. The standard InChI is InChI=1S/C58H71N11O5S/c1-39-14-23-46(32-49(39)66-57-61-27-24-48(65-57)45-12-11-25-59-35-45)64-54(72)44-21-17-42(18-22-44)36-67-28-30-68(31-29-67)51(71)13-9-7-6-8-10-26-60-53(58(3,4)5)56(74)69-37-47(70)33-50(69)55(73)62-34-41-15-19-43(20-16-41)52-40(2)63-38-75-52/h11-12,14-25,27,32,35,38,47,50,53,60,70H,6-10,13,26,28-31,33-34,36-37H2,1-5H3,(H,62,73)(H,64,72)(H,61,65,66)/t47-,50+,53?/m1/s1. The van der Waals surface area contributed by atoms with Crippen molar-refractivity contribution in [1.29, 1.82) is 0 Å². The number of nitrogens with one attached hydrogen (secondary N) is 4. The number of thiazole rings is 1. The minimum atomic E-state index is -0.764. The Morgan fingerprint density at radius 1 is 0.827 bits per heavy atom. The molecule has 0 spiro atoms. The van der Waals surface area contributed by atoms with E-state index in [9.17, 15) is 24.3 Å². The van der Waals surface area contributed by atoms with Gasteiger partial charge in [0.25, 0.3) is 5.91 Å².